The highest BCUT2D eigenvalue weighted by Gasteiger charge is 2.01. The van der Waals surface area contributed by atoms with Crippen molar-refractivity contribution in [3.8, 4) is 0 Å². The number of nitrogens with one attached hydrogen (secondary N) is 1. The second-order valence-corrected chi connectivity index (χ2v) is 3.05. The lowest BCUT2D eigenvalue weighted by molar-refractivity contribution is 0.768. The zero-order chi connectivity index (χ0) is 9.84. The Morgan fingerprint density at radius 2 is 2.46 bits per heavy atom. The Labute approximate surface area is 76.6 Å². The Kier molecular flexibility index (Phi) is 3.02. The van der Waals surface area contributed by atoms with Crippen LogP contribution < -0.4 is 16.6 Å². The second-order valence-electron chi connectivity index (χ2n) is 3.05. The first-order chi connectivity index (χ1) is 6.11. The maximum Gasteiger partial charge on any atom is 0.293 e. The van der Waals surface area contributed by atoms with Crippen LogP contribution in [0.3, 0.4) is 0 Å². The first-order valence-electron chi connectivity index (χ1n) is 4.12. The summed E-state index contributed by atoms with van der Waals surface area (Å²) in [5.74, 6) is 0.349. The summed E-state index contributed by atoms with van der Waals surface area (Å²) in [5, 5.41) is 2.88. The molecule has 0 saturated carbocycles. The van der Waals surface area contributed by atoms with Crippen molar-refractivity contribution in [3.05, 3.63) is 22.7 Å². The summed E-state index contributed by atoms with van der Waals surface area (Å²) >= 11 is 0. The summed E-state index contributed by atoms with van der Waals surface area (Å²) in [6.07, 6.45) is 3.18. The van der Waals surface area contributed by atoms with Crippen molar-refractivity contribution < 1.29 is 0 Å². The van der Waals surface area contributed by atoms with Crippen LogP contribution in [0.1, 0.15) is 6.92 Å². The monoisotopic (exact) mass is 182 g/mol. The number of anilines is 1. The molecule has 0 spiro atoms. The summed E-state index contributed by atoms with van der Waals surface area (Å²) < 4.78 is 1.47. The molecule has 0 amide bonds. The van der Waals surface area contributed by atoms with Gasteiger partial charge in [-0.1, -0.05) is 0 Å². The minimum Gasteiger partial charge on any atom is -0.364 e. The molecule has 0 fully saturated rings. The minimum absolute atomic E-state index is 0.00622. The number of aromatic nitrogens is 2. The van der Waals surface area contributed by atoms with Gasteiger partial charge in [0, 0.05) is 32.0 Å². The molecule has 1 aromatic rings. The van der Waals surface area contributed by atoms with Gasteiger partial charge in [0.25, 0.3) is 5.56 Å². The number of aryl methyl sites for hydroxylation is 1. The normalized spacial score (nSPS) is 12.5. The number of hydrogen-bond donors (Lipinski definition) is 2. The van der Waals surface area contributed by atoms with Gasteiger partial charge in [0.05, 0.1) is 0 Å². The topological polar surface area (TPSA) is 72.9 Å². The Hall–Kier alpha value is -1.36. The zero-order valence-corrected chi connectivity index (χ0v) is 7.82. The predicted octanol–water partition coefficient (Wildman–Crippen LogP) is -0.461. The van der Waals surface area contributed by atoms with Crippen LogP contribution in [0.25, 0.3) is 0 Å². The molecule has 0 aliphatic heterocycles. The fraction of sp³-hybridized carbons (Fsp3) is 0.500. The first-order valence-corrected chi connectivity index (χ1v) is 4.12. The van der Waals surface area contributed by atoms with Crippen LogP contribution in [0.4, 0.5) is 5.82 Å². The molecule has 3 N–H and O–H groups in total. The summed E-state index contributed by atoms with van der Waals surface area (Å²) in [5.41, 5.74) is 5.39. The molecule has 13 heavy (non-hydrogen) atoms. The fourth-order valence-corrected chi connectivity index (χ4v) is 0.877. The van der Waals surface area contributed by atoms with Crippen LogP contribution in [0.2, 0.25) is 0 Å². The van der Waals surface area contributed by atoms with E-state index >= 15 is 0 Å². The predicted molar refractivity (Wildman–Crippen MR) is 51.6 cm³/mol. The van der Waals surface area contributed by atoms with Crippen LogP contribution >= 0.6 is 0 Å². The van der Waals surface area contributed by atoms with Crippen LogP contribution in [-0.2, 0) is 7.05 Å². The van der Waals surface area contributed by atoms with Gasteiger partial charge in [-0.05, 0) is 6.92 Å². The molecule has 1 rings (SSSR count). The lowest BCUT2D eigenvalue weighted by Crippen LogP contribution is -2.29. The lowest BCUT2D eigenvalue weighted by Gasteiger charge is -2.07. The molecule has 0 aliphatic rings. The van der Waals surface area contributed by atoms with Crippen molar-refractivity contribution in [2.45, 2.75) is 13.0 Å². The van der Waals surface area contributed by atoms with E-state index in [2.05, 4.69) is 10.3 Å². The van der Waals surface area contributed by atoms with E-state index in [9.17, 15) is 4.79 Å². The third kappa shape index (κ3) is 2.55. The molecule has 1 heterocycles. The van der Waals surface area contributed by atoms with Gasteiger partial charge in [0.15, 0.2) is 5.82 Å². The van der Waals surface area contributed by atoms with Gasteiger partial charge in [-0.3, -0.25) is 4.79 Å². The van der Waals surface area contributed by atoms with Gasteiger partial charge >= 0.3 is 0 Å². The molecular weight excluding hydrogens is 168 g/mol. The quantitative estimate of drug-likeness (QED) is 0.663. The van der Waals surface area contributed by atoms with E-state index in [1.807, 2.05) is 6.92 Å². The molecule has 0 saturated heterocycles. The highest BCUT2D eigenvalue weighted by atomic mass is 16.1. The Morgan fingerprint density at radius 3 is 3.08 bits per heavy atom. The number of hydrogen-bond acceptors (Lipinski definition) is 4. The van der Waals surface area contributed by atoms with Crippen molar-refractivity contribution >= 4 is 5.82 Å². The molecular formula is C8H14N4O. The van der Waals surface area contributed by atoms with E-state index in [0.29, 0.717) is 12.4 Å². The summed E-state index contributed by atoms with van der Waals surface area (Å²) in [6, 6.07) is 0.00622. The SMILES string of the molecule is CC(N)CNc1nccn(C)c1=O. The first kappa shape index (κ1) is 9.73. The third-order valence-electron chi connectivity index (χ3n) is 1.61. The van der Waals surface area contributed by atoms with E-state index in [1.165, 1.54) is 4.57 Å². The van der Waals surface area contributed by atoms with Crippen molar-refractivity contribution in [3.63, 3.8) is 0 Å². The minimum atomic E-state index is -0.136. The molecule has 0 aliphatic carbocycles. The Balaban J connectivity index is 2.78. The van der Waals surface area contributed by atoms with Crippen LogP contribution in [0.5, 0.6) is 0 Å². The number of nitrogens with zero attached hydrogens (tertiary/aromatic N) is 2. The summed E-state index contributed by atoms with van der Waals surface area (Å²) in [7, 11) is 1.68. The summed E-state index contributed by atoms with van der Waals surface area (Å²) in [6.45, 7) is 2.41. The van der Waals surface area contributed by atoms with Crippen molar-refractivity contribution in [1.29, 1.82) is 0 Å². The van der Waals surface area contributed by atoms with Crippen molar-refractivity contribution in [2.24, 2.45) is 12.8 Å². The van der Waals surface area contributed by atoms with Gasteiger partial charge in [-0.25, -0.2) is 4.98 Å². The van der Waals surface area contributed by atoms with E-state index < -0.39 is 0 Å². The van der Waals surface area contributed by atoms with Gasteiger partial charge in [-0.2, -0.15) is 0 Å². The molecule has 1 unspecified atom stereocenters. The van der Waals surface area contributed by atoms with E-state index in [-0.39, 0.29) is 11.6 Å². The van der Waals surface area contributed by atoms with E-state index in [1.54, 1.807) is 19.4 Å². The maximum atomic E-state index is 11.4. The molecule has 1 aromatic heterocycles. The molecule has 5 heteroatoms. The van der Waals surface area contributed by atoms with Crippen molar-refractivity contribution in [2.75, 3.05) is 11.9 Å². The summed E-state index contributed by atoms with van der Waals surface area (Å²) in [4.78, 5) is 15.3. The lowest BCUT2D eigenvalue weighted by atomic mass is 10.4. The zero-order valence-electron chi connectivity index (χ0n) is 7.82. The molecule has 0 bridgehead atoms. The average molecular weight is 182 g/mol. The van der Waals surface area contributed by atoms with Gasteiger partial charge in [-0.15, -0.1) is 0 Å². The third-order valence-corrected chi connectivity index (χ3v) is 1.61. The molecule has 72 valence electrons. The highest BCUT2D eigenvalue weighted by Crippen LogP contribution is 1.90. The van der Waals surface area contributed by atoms with Crippen LogP contribution in [0.15, 0.2) is 17.2 Å². The maximum absolute atomic E-state index is 11.4. The standard InChI is InChI=1S/C8H14N4O/c1-6(9)5-11-7-8(13)12(2)4-3-10-7/h3-4,6H,5,9H2,1-2H3,(H,10,11). The van der Waals surface area contributed by atoms with Crippen LogP contribution in [-0.4, -0.2) is 22.1 Å². The largest absolute Gasteiger partial charge is 0.364 e. The number of nitrogens with two attached hydrogens (primary N) is 1. The van der Waals surface area contributed by atoms with E-state index in [0.717, 1.165) is 0 Å². The van der Waals surface area contributed by atoms with Gasteiger partial charge in [0.1, 0.15) is 0 Å². The fourth-order valence-electron chi connectivity index (χ4n) is 0.877. The smallest absolute Gasteiger partial charge is 0.293 e. The molecule has 0 aromatic carbocycles. The molecule has 5 nitrogen and oxygen atoms in total. The Morgan fingerprint density at radius 1 is 1.77 bits per heavy atom. The number of rotatable bonds is 3. The Bertz CT molecular complexity index is 331. The van der Waals surface area contributed by atoms with E-state index in [4.69, 9.17) is 5.73 Å². The average Bonchev–Trinajstić information content (AvgIpc) is 2.07. The second kappa shape index (κ2) is 4.04. The molecule has 1 atom stereocenters. The van der Waals surface area contributed by atoms with Crippen LogP contribution in [0, 0.1) is 0 Å². The van der Waals surface area contributed by atoms with Crippen molar-refractivity contribution in [1.82, 2.24) is 9.55 Å². The molecule has 0 radical (unpaired) electrons. The van der Waals surface area contributed by atoms with Gasteiger partial charge in [0.2, 0.25) is 0 Å². The van der Waals surface area contributed by atoms with Gasteiger partial charge < -0.3 is 15.6 Å². The highest BCUT2D eigenvalue weighted by molar-refractivity contribution is 5.30.